The summed E-state index contributed by atoms with van der Waals surface area (Å²) in [5.41, 5.74) is 2.83. The van der Waals surface area contributed by atoms with Gasteiger partial charge >= 0.3 is 0 Å². The number of benzene rings is 2. The molecule has 1 aromatic heterocycles. The summed E-state index contributed by atoms with van der Waals surface area (Å²) in [6.45, 7) is 1.17. The van der Waals surface area contributed by atoms with Crippen molar-refractivity contribution >= 4 is 40.8 Å². The van der Waals surface area contributed by atoms with E-state index in [1.807, 2.05) is 12.3 Å². The second-order valence-corrected chi connectivity index (χ2v) is 6.63. The van der Waals surface area contributed by atoms with Crippen molar-refractivity contribution in [2.75, 3.05) is 34.9 Å². The summed E-state index contributed by atoms with van der Waals surface area (Å²) in [7, 11) is 6.52. The van der Waals surface area contributed by atoms with E-state index in [0.29, 0.717) is 36.3 Å². The topological polar surface area (TPSA) is 79.9 Å². The zero-order valence-electron chi connectivity index (χ0n) is 18.0. The van der Waals surface area contributed by atoms with Crippen LogP contribution in [0, 0.1) is 5.82 Å². The smallest absolute Gasteiger partial charge is 0.191 e. The van der Waals surface area contributed by atoms with Gasteiger partial charge in [0.2, 0.25) is 0 Å². The molecule has 0 fully saturated rings. The first kappa shape index (κ1) is 24.6. The first-order valence-corrected chi connectivity index (χ1v) is 9.58. The molecule has 0 saturated carbocycles. The second kappa shape index (κ2) is 11.6. The third-order valence-electron chi connectivity index (χ3n) is 4.87. The van der Waals surface area contributed by atoms with Gasteiger partial charge in [-0.05, 0) is 36.2 Å². The molecular formula is C22H28FIN4O3. The van der Waals surface area contributed by atoms with Gasteiger partial charge in [-0.15, -0.1) is 24.0 Å². The minimum atomic E-state index is -0.246. The van der Waals surface area contributed by atoms with Crippen molar-refractivity contribution < 1.29 is 18.6 Å². The standard InChI is InChI=1S/C22H27FN4O3.HI/c1-24-22(25-8-7-14-12-26-18-10-16(23)5-6-17(14)18)27-13-15-9-20(29-3)21(30-4)11-19(15)28-2;/h5-6,9-12,26H,7-8,13H2,1-4H3,(H2,24,25,27);1H. The van der Waals surface area contributed by atoms with Gasteiger partial charge in [0.1, 0.15) is 11.6 Å². The minimum Gasteiger partial charge on any atom is -0.496 e. The highest BCUT2D eigenvalue weighted by molar-refractivity contribution is 14.0. The molecule has 0 bridgehead atoms. The van der Waals surface area contributed by atoms with Crippen LogP contribution >= 0.6 is 24.0 Å². The predicted molar refractivity (Wildman–Crippen MR) is 132 cm³/mol. The molecule has 0 atom stereocenters. The quantitative estimate of drug-likeness (QED) is 0.229. The van der Waals surface area contributed by atoms with E-state index in [2.05, 4.69) is 20.6 Å². The maximum Gasteiger partial charge on any atom is 0.191 e. The van der Waals surface area contributed by atoms with E-state index in [1.165, 1.54) is 12.1 Å². The van der Waals surface area contributed by atoms with Crippen molar-refractivity contribution in [3.8, 4) is 17.2 Å². The maximum atomic E-state index is 13.3. The minimum absolute atomic E-state index is 0. The van der Waals surface area contributed by atoms with Crippen LogP contribution < -0.4 is 24.8 Å². The Hall–Kier alpha value is -2.69. The fraction of sp³-hybridized carbons (Fsp3) is 0.318. The molecule has 0 spiro atoms. The Morgan fingerprint density at radius 3 is 2.35 bits per heavy atom. The molecule has 2 aromatic carbocycles. The number of aliphatic imine (C=N–C) groups is 1. The van der Waals surface area contributed by atoms with Gasteiger partial charge in [0.25, 0.3) is 0 Å². The number of aromatic amines is 1. The Labute approximate surface area is 198 Å². The van der Waals surface area contributed by atoms with Gasteiger partial charge in [0, 0.05) is 48.9 Å². The molecular weight excluding hydrogens is 514 g/mol. The maximum absolute atomic E-state index is 13.3. The van der Waals surface area contributed by atoms with E-state index in [1.54, 1.807) is 40.5 Å². The molecule has 0 unspecified atom stereocenters. The van der Waals surface area contributed by atoms with Crippen LogP contribution in [0.5, 0.6) is 17.2 Å². The molecule has 3 N–H and O–H groups in total. The molecule has 0 aliphatic rings. The largest absolute Gasteiger partial charge is 0.496 e. The third kappa shape index (κ3) is 5.93. The van der Waals surface area contributed by atoms with E-state index >= 15 is 0 Å². The molecule has 168 valence electrons. The van der Waals surface area contributed by atoms with Crippen molar-refractivity contribution in [3.05, 3.63) is 53.5 Å². The molecule has 0 aliphatic heterocycles. The summed E-state index contributed by atoms with van der Waals surface area (Å²) in [6, 6.07) is 8.45. The van der Waals surface area contributed by atoms with Gasteiger partial charge in [-0.3, -0.25) is 4.99 Å². The zero-order chi connectivity index (χ0) is 21.5. The fourth-order valence-electron chi connectivity index (χ4n) is 3.31. The van der Waals surface area contributed by atoms with Crippen molar-refractivity contribution in [3.63, 3.8) is 0 Å². The molecule has 1 heterocycles. The SMILES string of the molecule is CN=C(NCCc1c[nH]c2cc(F)ccc12)NCc1cc(OC)c(OC)cc1OC.I. The molecule has 3 rings (SSSR count). The monoisotopic (exact) mass is 542 g/mol. The normalized spacial score (nSPS) is 11.1. The molecule has 0 aliphatic carbocycles. The Balaban J connectivity index is 0.00000341. The average Bonchev–Trinajstić information content (AvgIpc) is 3.17. The summed E-state index contributed by atoms with van der Waals surface area (Å²) < 4.78 is 29.5. The number of guanidine groups is 1. The Morgan fingerprint density at radius 1 is 0.968 bits per heavy atom. The first-order chi connectivity index (χ1) is 14.6. The Morgan fingerprint density at radius 2 is 1.68 bits per heavy atom. The van der Waals surface area contributed by atoms with Crippen molar-refractivity contribution in [1.29, 1.82) is 0 Å². The van der Waals surface area contributed by atoms with Gasteiger partial charge in [0.05, 0.1) is 21.3 Å². The number of hydrogen-bond donors (Lipinski definition) is 3. The lowest BCUT2D eigenvalue weighted by Crippen LogP contribution is -2.37. The lowest BCUT2D eigenvalue weighted by Gasteiger charge is -2.16. The van der Waals surface area contributed by atoms with Crippen molar-refractivity contribution in [2.24, 2.45) is 4.99 Å². The van der Waals surface area contributed by atoms with Gasteiger partial charge in [-0.1, -0.05) is 0 Å². The summed E-state index contributed by atoms with van der Waals surface area (Å²) in [5, 5.41) is 7.60. The zero-order valence-corrected chi connectivity index (χ0v) is 20.4. The number of nitrogens with one attached hydrogen (secondary N) is 3. The van der Waals surface area contributed by atoms with Crippen LogP contribution in [0.15, 0.2) is 41.5 Å². The van der Waals surface area contributed by atoms with Gasteiger partial charge in [-0.25, -0.2) is 4.39 Å². The van der Waals surface area contributed by atoms with Gasteiger partial charge < -0.3 is 29.8 Å². The van der Waals surface area contributed by atoms with E-state index in [0.717, 1.165) is 28.5 Å². The number of aromatic nitrogens is 1. The highest BCUT2D eigenvalue weighted by Gasteiger charge is 2.12. The average molecular weight is 542 g/mol. The van der Waals surface area contributed by atoms with Crippen LogP contribution in [0.3, 0.4) is 0 Å². The van der Waals surface area contributed by atoms with Crippen LogP contribution in [0.1, 0.15) is 11.1 Å². The number of hydrogen-bond acceptors (Lipinski definition) is 4. The molecule has 31 heavy (non-hydrogen) atoms. The van der Waals surface area contributed by atoms with Crippen molar-refractivity contribution in [2.45, 2.75) is 13.0 Å². The first-order valence-electron chi connectivity index (χ1n) is 9.58. The summed E-state index contributed by atoms with van der Waals surface area (Å²) in [4.78, 5) is 7.38. The number of nitrogens with zero attached hydrogens (tertiary/aromatic N) is 1. The van der Waals surface area contributed by atoms with Gasteiger partial charge in [-0.2, -0.15) is 0 Å². The highest BCUT2D eigenvalue weighted by atomic mass is 127. The molecule has 3 aromatic rings. The number of methoxy groups -OCH3 is 3. The Kier molecular flexibility index (Phi) is 9.22. The summed E-state index contributed by atoms with van der Waals surface area (Å²) >= 11 is 0. The van der Waals surface area contributed by atoms with E-state index in [9.17, 15) is 4.39 Å². The van der Waals surface area contributed by atoms with E-state index in [4.69, 9.17) is 14.2 Å². The van der Waals surface area contributed by atoms with Crippen LogP contribution in [-0.4, -0.2) is 45.9 Å². The summed E-state index contributed by atoms with van der Waals surface area (Å²) in [5.74, 6) is 2.36. The number of halogens is 2. The van der Waals surface area contributed by atoms with Crippen molar-refractivity contribution in [1.82, 2.24) is 15.6 Å². The lowest BCUT2D eigenvalue weighted by atomic mass is 10.1. The van der Waals surface area contributed by atoms with E-state index < -0.39 is 0 Å². The molecule has 7 nitrogen and oxygen atoms in total. The fourth-order valence-corrected chi connectivity index (χ4v) is 3.31. The Bertz CT molecular complexity index is 1040. The lowest BCUT2D eigenvalue weighted by molar-refractivity contribution is 0.347. The number of rotatable bonds is 8. The summed E-state index contributed by atoms with van der Waals surface area (Å²) in [6.07, 6.45) is 2.68. The highest BCUT2D eigenvalue weighted by Crippen LogP contribution is 2.34. The number of fused-ring (bicyclic) bond motifs is 1. The number of H-pyrrole nitrogens is 1. The van der Waals surface area contributed by atoms with E-state index in [-0.39, 0.29) is 29.8 Å². The van der Waals surface area contributed by atoms with Gasteiger partial charge in [0.15, 0.2) is 17.5 Å². The van der Waals surface area contributed by atoms with Crippen LogP contribution in [0.4, 0.5) is 4.39 Å². The van der Waals surface area contributed by atoms with Crippen LogP contribution in [-0.2, 0) is 13.0 Å². The molecule has 0 radical (unpaired) electrons. The third-order valence-corrected chi connectivity index (χ3v) is 4.87. The number of ether oxygens (including phenoxy) is 3. The van der Waals surface area contributed by atoms with Crippen LogP contribution in [0.25, 0.3) is 10.9 Å². The molecule has 0 saturated heterocycles. The second-order valence-electron chi connectivity index (χ2n) is 6.63. The molecule has 9 heteroatoms. The predicted octanol–water partition coefficient (Wildman–Crippen LogP) is 3.86. The van der Waals surface area contributed by atoms with Crippen LogP contribution in [0.2, 0.25) is 0 Å². The molecule has 0 amide bonds.